The largest absolute Gasteiger partial charge is 0.459 e. The second-order valence-corrected chi connectivity index (χ2v) is 21.3. The summed E-state index contributed by atoms with van der Waals surface area (Å²) in [5.74, 6) is -4.21. The summed E-state index contributed by atoms with van der Waals surface area (Å²) < 4.78 is 103. The molecule has 3 aliphatic rings. The van der Waals surface area contributed by atoms with Crippen molar-refractivity contribution < 1.29 is 59.6 Å². The van der Waals surface area contributed by atoms with E-state index in [1.807, 2.05) is 67.6 Å². The van der Waals surface area contributed by atoms with Crippen LogP contribution >= 0.6 is 0 Å². The van der Waals surface area contributed by atoms with E-state index in [0.29, 0.717) is 52.5 Å². The Hall–Kier alpha value is -4.74. The number of carbonyl (C=O) groups excluding carboxylic acids is 2. The normalized spacial score (nSPS) is 21.6. The number of allylic oxidation sites excluding steroid dienone is 1. The van der Waals surface area contributed by atoms with Gasteiger partial charge in [0.15, 0.2) is 0 Å². The van der Waals surface area contributed by atoms with Crippen LogP contribution in [0, 0.1) is 17.8 Å². The van der Waals surface area contributed by atoms with E-state index in [-0.39, 0.29) is 32.0 Å². The van der Waals surface area contributed by atoms with Crippen molar-refractivity contribution in [2.45, 2.75) is 83.4 Å². The van der Waals surface area contributed by atoms with Crippen LogP contribution in [0.5, 0.6) is 0 Å². The molecule has 3 heterocycles. The van der Waals surface area contributed by atoms with Gasteiger partial charge in [0.25, 0.3) is 8.32 Å². The molecule has 0 saturated carbocycles. The number of halogens is 6. The lowest BCUT2D eigenvalue weighted by atomic mass is 9.58. The van der Waals surface area contributed by atoms with Gasteiger partial charge < -0.3 is 23.6 Å². The topological polar surface area (TPSA) is 109 Å². The van der Waals surface area contributed by atoms with E-state index in [1.54, 1.807) is 18.2 Å². The minimum Gasteiger partial charge on any atom is -0.459 e. The molecule has 2 aliphatic heterocycles. The zero-order valence-electron chi connectivity index (χ0n) is 34.0. The molecule has 0 radical (unpaired) electrons. The maximum absolute atomic E-state index is 14.5. The van der Waals surface area contributed by atoms with Crippen LogP contribution in [0.15, 0.2) is 112 Å². The summed E-state index contributed by atoms with van der Waals surface area (Å²) in [6.07, 6.45) is -8.93. The van der Waals surface area contributed by atoms with E-state index in [0.717, 1.165) is 15.9 Å². The number of carbonyl (C=O) groups is 2. The number of nitrogens with zero attached hydrogens (tertiary/aromatic N) is 1. The number of aliphatic hydroxyl groups excluding tert-OH is 1. The Balaban J connectivity index is 1.33. The predicted molar refractivity (Wildman–Crippen MR) is 220 cm³/mol. The number of fused-ring (bicyclic) bond motifs is 3. The number of alkyl halides is 6. The maximum atomic E-state index is 14.5. The smallest absolute Gasteiger partial charge is 0.455 e. The second kappa shape index (κ2) is 16.9. The van der Waals surface area contributed by atoms with Gasteiger partial charge >= 0.3 is 19.5 Å². The van der Waals surface area contributed by atoms with Gasteiger partial charge in [-0.1, -0.05) is 87.0 Å². The second-order valence-electron chi connectivity index (χ2n) is 17.0. The van der Waals surface area contributed by atoms with Gasteiger partial charge in [-0.3, -0.25) is 9.59 Å². The Morgan fingerprint density at radius 2 is 1.46 bits per heavy atom. The first-order valence-corrected chi connectivity index (χ1v) is 22.0. The first-order valence-electron chi connectivity index (χ1n) is 20.1. The fourth-order valence-corrected chi connectivity index (χ4v) is 14.0. The van der Waals surface area contributed by atoms with E-state index in [1.165, 1.54) is 0 Å². The van der Waals surface area contributed by atoms with Gasteiger partial charge in [0.05, 0.1) is 41.4 Å². The van der Waals surface area contributed by atoms with E-state index in [9.17, 15) is 46.1 Å². The third-order valence-corrected chi connectivity index (χ3v) is 17.0. The molecule has 16 heteroatoms. The number of anilines is 1. The molecule has 61 heavy (non-hydrogen) atoms. The number of aliphatic hydroxyl groups is 1. The van der Waals surface area contributed by atoms with Crippen LogP contribution < -0.4 is 15.3 Å². The van der Waals surface area contributed by atoms with Gasteiger partial charge in [-0.05, 0) is 101 Å². The van der Waals surface area contributed by atoms with Crippen LogP contribution in [0.3, 0.4) is 0 Å². The lowest BCUT2D eigenvalue weighted by molar-refractivity contribution is -0.143. The van der Waals surface area contributed by atoms with E-state index in [4.69, 9.17) is 13.5 Å². The Morgan fingerprint density at radius 3 is 1.98 bits per heavy atom. The number of rotatable bonds is 11. The quantitative estimate of drug-likeness (QED) is 0.0674. The molecule has 0 unspecified atom stereocenters. The lowest BCUT2D eigenvalue weighted by Crippen LogP contribution is -2.66. The summed E-state index contributed by atoms with van der Waals surface area (Å²) in [7, 11) is -4.62. The summed E-state index contributed by atoms with van der Waals surface area (Å²) in [6.45, 7) is 7.85. The van der Waals surface area contributed by atoms with Gasteiger partial charge in [-0.2, -0.15) is 26.3 Å². The van der Waals surface area contributed by atoms with Crippen molar-refractivity contribution in [3.05, 3.63) is 130 Å². The molecule has 1 aliphatic carbocycles. The van der Waals surface area contributed by atoms with Gasteiger partial charge in [0, 0.05) is 0 Å². The van der Waals surface area contributed by atoms with Crippen molar-refractivity contribution in [3.63, 3.8) is 0 Å². The van der Waals surface area contributed by atoms with Crippen molar-refractivity contribution >= 4 is 49.4 Å². The lowest BCUT2D eigenvalue weighted by Gasteiger charge is -2.46. The molecule has 4 atom stereocenters. The summed E-state index contributed by atoms with van der Waals surface area (Å²) >= 11 is 0. The number of hydrogen-bond acceptors (Lipinski definition) is 7. The van der Waals surface area contributed by atoms with Crippen molar-refractivity contribution in [2.75, 3.05) is 11.5 Å². The number of benzene rings is 3. The fraction of sp³-hybridized carbons (Fsp3) is 0.378. The van der Waals surface area contributed by atoms with Gasteiger partial charge in [-0.25, -0.2) is 4.90 Å². The van der Waals surface area contributed by atoms with Crippen LogP contribution in [0.4, 0.5) is 32.0 Å². The Kier molecular flexibility index (Phi) is 12.2. The molecular weight excluding hydrogens is 819 g/mol. The predicted octanol–water partition coefficient (Wildman–Crippen LogP) is 8.57. The Bertz CT molecular complexity index is 2250. The van der Waals surface area contributed by atoms with Gasteiger partial charge in [-0.15, -0.1) is 0 Å². The van der Waals surface area contributed by atoms with Gasteiger partial charge in [0.2, 0.25) is 11.8 Å². The molecule has 2 N–H and O–H groups in total. The fourth-order valence-electron chi connectivity index (χ4n) is 9.41. The Morgan fingerprint density at radius 1 is 0.869 bits per heavy atom. The van der Waals surface area contributed by atoms with Crippen molar-refractivity contribution in [1.82, 2.24) is 0 Å². The first-order chi connectivity index (χ1) is 28.7. The third-order valence-electron chi connectivity index (χ3n) is 12.0. The van der Waals surface area contributed by atoms with Crippen LogP contribution in [0.1, 0.15) is 69.6 Å². The highest BCUT2D eigenvalue weighted by Gasteiger charge is 2.59. The molecule has 4 aromatic rings. The molecule has 2 saturated heterocycles. The van der Waals surface area contributed by atoms with Crippen LogP contribution in [0.25, 0.3) is 6.08 Å². The summed E-state index contributed by atoms with van der Waals surface area (Å²) in [4.78, 5) is 29.4. The molecule has 0 bridgehead atoms. The molecule has 1 aromatic heterocycles. The first kappa shape index (κ1) is 44.3. The van der Waals surface area contributed by atoms with E-state index < -0.39 is 85.3 Å². The highest BCUT2D eigenvalue weighted by atomic mass is 28.4. The average Bonchev–Trinajstić information content (AvgIpc) is 3.76. The summed E-state index contributed by atoms with van der Waals surface area (Å²) in [6, 6.07) is 23.7. The molecule has 322 valence electrons. The highest BCUT2D eigenvalue weighted by Crippen LogP contribution is 2.52. The molecule has 2 amide bonds. The van der Waals surface area contributed by atoms with Crippen LogP contribution in [-0.2, 0) is 37.6 Å². The number of furan rings is 1. The maximum Gasteiger partial charge on any atom is 0.455 e. The number of amides is 2. The van der Waals surface area contributed by atoms with Gasteiger partial charge in [0.1, 0.15) is 18.1 Å². The minimum atomic E-state index is -5.21. The van der Waals surface area contributed by atoms with E-state index in [2.05, 4.69) is 20.8 Å². The van der Waals surface area contributed by atoms with Crippen LogP contribution in [-0.4, -0.2) is 50.1 Å². The SMILES string of the molecule is C/C(=C\c1ccc(CO)o1)CC[C@H]1OB(O)C[C@H]2C1=C(CO[Si](c1ccccc1)(c1ccccc1)C(C)(C)C)C[C@H]1C(=O)N(c3cc(C(F)(F)F)cc(C(F)(F)F)c3)C(=O)[C@H]12. The molecule has 3 aromatic carbocycles. The standard InChI is InChI=1S/C45H46BF6NO7Si/c1-27(19-32-16-17-33(25-54)59-32)15-18-38-39-28(26-58-61(43(2,3)4,34-11-7-5-8-12-34)35-13-9-6-10-14-35)20-36-40(37(39)24-46(57)60-38)42(56)53(41(36)55)31-22-29(44(47,48)49)21-30(23-31)45(50,51)52/h5-14,16-17,19,21-23,36-38,40,54,57H,15,18,20,24-26H2,1-4H3/b27-19+/t36-,37+,38-,40-/m1/s1. The minimum absolute atomic E-state index is 0.0350. The van der Waals surface area contributed by atoms with Crippen molar-refractivity contribution in [1.29, 1.82) is 0 Å². The van der Waals surface area contributed by atoms with Crippen molar-refractivity contribution in [2.24, 2.45) is 17.8 Å². The molecule has 0 spiro atoms. The van der Waals surface area contributed by atoms with Crippen LogP contribution in [0.2, 0.25) is 11.4 Å². The summed E-state index contributed by atoms with van der Waals surface area (Å²) in [5, 5.41) is 22.2. The zero-order chi connectivity index (χ0) is 44.1. The molecule has 2 fully saturated rings. The highest BCUT2D eigenvalue weighted by molar-refractivity contribution is 6.99. The zero-order valence-corrected chi connectivity index (χ0v) is 35.0. The molecule has 7 rings (SSSR count). The van der Waals surface area contributed by atoms with Crippen molar-refractivity contribution in [3.8, 4) is 0 Å². The third kappa shape index (κ3) is 8.70. The molecular formula is C45H46BF6NO7Si. The summed E-state index contributed by atoms with van der Waals surface area (Å²) in [5.41, 5.74) is -2.02. The van der Waals surface area contributed by atoms with E-state index >= 15 is 0 Å². The monoisotopic (exact) mass is 865 g/mol. The number of imide groups is 1. The average molecular weight is 866 g/mol. The Labute approximate surface area is 351 Å². The molecule has 8 nitrogen and oxygen atoms in total. The number of hydrogen-bond donors (Lipinski definition) is 2.